The second-order valence-corrected chi connectivity index (χ2v) is 6.45. The molecule has 1 saturated heterocycles. The number of amides is 2. The van der Waals surface area contributed by atoms with Crippen LogP contribution in [0.25, 0.3) is 0 Å². The van der Waals surface area contributed by atoms with Crippen LogP contribution in [0, 0.1) is 5.92 Å². The highest BCUT2D eigenvalue weighted by molar-refractivity contribution is 6.30. The monoisotopic (exact) mass is 342 g/mol. The summed E-state index contributed by atoms with van der Waals surface area (Å²) in [4.78, 5) is 26.0. The molecule has 3 rings (SSSR count). The molecule has 2 aromatic rings. The van der Waals surface area contributed by atoms with Crippen molar-refractivity contribution < 1.29 is 9.59 Å². The van der Waals surface area contributed by atoms with Gasteiger partial charge in [0.2, 0.25) is 11.8 Å². The lowest BCUT2D eigenvalue weighted by Crippen LogP contribution is -2.32. The van der Waals surface area contributed by atoms with Crippen LogP contribution >= 0.6 is 11.6 Å². The fourth-order valence-electron chi connectivity index (χ4n) is 2.88. The van der Waals surface area contributed by atoms with Crippen molar-refractivity contribution in [2.75, 3.05) is 18.0 Å². The Hall–Kier alpha value is -2.33. The smallest absolute Gasteiger partial charge is 0.227 e. The van der Waals surface area contributed by atoms with Crippen molar-refractivity contribution in [2.45, 2.75) is 12.8 Å². The van der Waals surface area contributed by atoms with Crippen molar-refractivity contribution in [3.8, 4) is 0 Å². The van der Waals surface area contributed by atoms with Crippen LogP contribution in [0.2, 0.25) is 5.02 Å². The summed E-state index contributed by atoms with van der Waals surface area (Å²) in [7, 11) is 0. The van der Waals surface area contributed by atoms with Gasteiger partial charge in [-0.1, -0.05) is 41.9 Å². The van der Waals surface area contributed by atoms with Gasteiger partial charge in [-0.15, -0.1) is 0 Å². The fraction of sp³-hybridized carbons (Fsp3) is 0.263. The molecule has 0 aromatic heterocycles. The van der Waals surface area contributed by atoms with Crippen LogP contribution in [0.4, 0.5) is 5.69 Å². The van der Waals surface area contributed by atoms with E-state index in [0.29, 0.717) is 31.0 Å². The zero-order valence-electron chi connectivity index (χ0n) is 13.2. The number of carbonyl (C=O) groups excluding carboxylic acids is 2. The highest BCUT2D eigenvalue weighted by atomic mass is 35.5. The number of para-hydroxylation sites is 1. The SMILES string of the molecule is O=C(Cc1ccc(Cl)cc1)NC[C@H]1CC(=O)N(c2ccccc2)C1. The second-order valence-electron chi connectivity index (χ2n) is 6.02. The van der Waals surface area contributed by atoms with Crippen LogP contribution in [-0.4, -0.2) is 24.9 Å². The maximum absolute atomic E-state index is 12.2. The minimum absolute atomic E-state index is 0.0390. The molecular formula is C19H19ClN2O2. The van der Waals surface area contributed by atoms with E-state index in [9.17, 15) is 9.59 Å². The molecule has 2 aromatic carbocycles. The molecule has 1 fully saturated rings. The summed E-state index contributed by atoms with van der Waals surface area (Å²) in [6.45, 7) is 1.16. The number of nitrogens with zero attached hydrogens (tertiary/aromatic N) is 1. The molecule has 1 aliphatic heterocycles. The first-order valence-electron chi connectivity index (χ1n) is 7.98. The van der Waals surface area contributed by atoms with E-state index >= 15 is 0 Å². The maximum Gasteiger partial charge on any atom is 0.227 e. The molecule has 1 heterocycles. The molecule has 0 spiro atoms. The van der Waals surface area contributed by atoms with E-state index in [1.165, 1.54) is 0 Å². The molecule has 2 amide bonds. The van der Waals surface area contributed by atoms with Gasteiger partial charge in [0, 0.05) is 36.1 Å². The quantitative estimate of drug-likeness (QED) is 0.908. The normalized spacial score (nSPS) is 17.1. The predicted molar refractivity (Wildman–Crippen MR) is 95.1 cm³/mol. The number of hydrogen-bond donors (Lipinski definition) is 1. The van der Waals surface area contributed by atoms with Crippen molar-refractivity contribution in [3.63, 3.8) is 0 Å². The van der Waals surface area contributed by atoms with Crippen LogP contribution in [0.5, 0.6) is 0 Å². The fourth-order valence-corrected chi connectivity index (χ4v) is 3.01. The maximum atomic E-state index is 12.2. The minimum Gasteiger partial charge on any atom is -0.355 e. The van der Waals surface area contributed by atoms with Crippen molar-refractivity contribution in [2.24, 2.45) is 5.92 Å². The Morgan fingerprint density at radius 3 is 2.54 bits per heavy atom. The summed E-state index contributed by atoms with van der Waals surface area (Å²) in [6, 6.07) is 16.9. The average Bonchev–Trinajstić information content (AvgIpc) is 2.97. The Bertz CT molecular complexity index is 716. The van der Waals surface area contributed by atoms with Crippen LogP contribution in [0.3, 0.4) is 0 Å². The third kappa shape index (κ3) is 4.15. The number of benzene rings is 2. The molecule has 0 bridgehead atoms. The molecule has 5 heteroatoms. The first-order chi connectivity index (χ1) is 11.6. The zero-order chi connectivity index (χ0) is 16.9. The van der Waals surface area contributed by atoms with E-state index in [4.69, 9.17) is 11.6 Å². The summed E-state index contributed by atoms with van der Waals surface area (Å²) in [6.07, 6.45) is 0.788. The van der Waals surface area contributed by atoms with E-state index in [0.717, 1.165) is 11.3 Å². The van der Waals surface area contributed by atoms with E-state index in [1.807, 2.05) is 42.5 Å². The first kappa shape index (κ1) is 16.5. The van der Waals surface area contributed by atoms with Crippen LogP contribution in [0.1, 0.15) is 12.0 Å². The number of anilines is 1. The van der Waals surface area contributed by atoms with Gasteiger partial charge in [0.1, 0.15) is 0 Å². The van der Waals surface area contributed by atoms with Gasteiger partial charge in [-0.25, -0.2) is 0 Å². The lowest BCUT2D eigenvalue weighted by Gasteiger charge is -2.16. The van der Waals surface area contributed by atoms with E-state index in [2.05, 4.69) is 5.32 Å². The van der Waals surface area contributed by atoms with E-state index in [1.54, 1.807) is 17.0 Å². The number of nitrogens with one attached hydrogen (secondary N) is 1. The number of rotatable bonds is 5. The second kappa shape index (κ2) is 7.49. The molecule has 0 saturated carbocycles. The van der Waals surface area contributed by atoms with Crippen LogP contribution in [0.15, 0.2) is 54.6 Å². The van der Waals surface area contributed by atoms with Crippen molar-refractivity contribution in [1.82, 2.24) is 5.32 Å². The van der Waals surface area contributed by atoms with Crippen LogP contribution < -0.4 is 10.2 Å². The Morgan fingerprint density at radius 2 is 1.83 bits per heavy atom. The molecule has 0 unspecified atom stereocenters. The molecule has 0 radical (unpaired) electrons. The molecule has 24 heavy (non-hydrogen) atoms. The molecule has 1 atom stereocenters. The minimum atomic E-state index is -0.0390. The first-order valence-corrected chi connectivity index (χ1v) is 8.36. The number of carbonyl (C=O) groups is 2. The topological polar surface area (TPSA) is 49.4 Å². The molecule has 0 aliphatic carbocycles. The summed E-state index contributed by atoms with van der Waals surface area (Å²) in [5.41, 5.74) is 1.84. The van der Waals surface area contributed by atoms with Crippen molar-refractivity contribution >= 4 is 29.1 Å². The van der Waals surface area contributed by atoms with Crippen molar-refractivity contribution in [3.05, 3.63) is 65.2 Å². The van der Waals surface area contributed by atoms with Crippen molar-refractivity contribution in [1.29, 1.82) is 0 Å². The lowest BCUT2D eigenvalue weighted by atomic mass is 10.1. The average molecular weight is 343 g/mol. The highest BCUT2D eigenvalue weighted by Gasteiger charge is 2.30. The number of halogens is 1. The Labute approximate surface area is 146 Å². The van der Waals surface area contributed by atoms with Gasteiger partial charge in [0.05, 0.1) is 6.42 Å². The van der Waals surface area contributed by atoms with Gasteiger partial charge in [-0.3, -0.25) is 9.59 Å². The Kier molecular flexibility index (Phi) is 5.16. The zero-order valence-corrected chi connectivity index (χ0v) is 14.0. The van der Waals surface area contributed by atoms with Gasteiger partial charge in [-0.2, -0.15) is 0 Å². The molecule has 4 nitrogen and oxygen atoms in total. The molecular weight excluding hydrogens is 324 g/mol. The van der Waals surface area contributed by atoms with Gasteiger partial charge >= 0.3 is 0 Å². The van der Waals surface area contributed by atoms with Crippen LogP contribution in [-0.2, 0) is 16.0 Å². The Morgan fingerprint density at radius 1 is 1.12 bits per heavy atom. The summed E-state index contributed by atoms with van der Waals surface area (Å²) in [5, 5.41) is 3.59. The molecule has 1 N–H and O–H groups in total. The number of hydrogen-bond acceptors (Lipinski definition) is 2. The van der Waals surface area contributed by atoms with E-state index in [-0.39, 0.29) is 17.7 Å². The van der Waals surface area contributed by atoms with Gasteiger partial charge < -0.3 is 10.2 Å². The van der Waals surface area contributed by atoms with Gasteiger partial charge in [-0.05, 0) is 29.8 Å². The van der Waals surface area contributed by atoms with Gasteiger partial charge in [0.25, 0.3) is 0 Å². The highest BCUT2D eigenvalue weighted by Crippen LogP contribution is 2.24. The molecule has 1 aliphatic rings. The third-order valence-electron chi connectivity index (χ3n) is 4.14. The largest absolute Gasteiger partial charge is 0.355 e. The summed E-state index contributed by atoms with van der Waals surface area (Å²) < 4.78 is 0. The van der Waals surface area contributed by atoms with Gasteiger partial charge in [0.15, 0.2) is 0 Å². The third-order valence-corrected chi connectivity index (χ3v) is 4.39. The molecule has 124 valence electrons. The predicted octanol–water partition coefficient (Wildman–Crippen LogP) is 3.05. The summed E-state index contributed by atoms with van der Waals surface area (Å²) >= 11 is 5.84. The summed E-state index contributed by atoms with van der Waals surface area (Å²) in [5.74, 6) is 0.216. The Balaban J connectivity index is 1.49. The standard InChI is InChI=1S/C19H19ClN2O2/c20-16-8-6-14(7-9-16)10-18(23)21-12-15-11-19(24)22(13-15)17-4-2-1-3-5-17/h1-9,15H,10-13H2,(H,21,23)/t15-/m1/s1. The lowest BCUT2D eigenvalue weighted by molar-refractivity contribution is -0.121. The van der Waals surface area contributed by atoms with E-state index < -0.39 is 0 Å².